The summed E-state index contributed by atoms with van der Waals surface area (Å²) in [5, 5.41) is 2.81. The van der Waals surface area contributed by atoms with Crippen molar-refractivity contribution in [2.75, 3.05) is 13.1 Å². The molecule has 0 fully saturated rings. The molecule has 1 aromatic carbocycles. The zero-order valence-corrected chi connectivity index (χ0v) is 13.9. The Morgan fingerprint density at radius 2 is 1.68 bits per heavy atom. The predicted octanol–water partition coefficient (Wildman–Crippen LogP) is 1.77. The van der Waals surface area contributed by atoms with Gasteiger partial charge >= 0.3 is 0 Å². The van der Waals surface area contributed by atoms with E-state index in [1.807, 2.05) is 39.8 Å². The van der Waals surface area contributed by atoms with Gasteiger partial charge in [-0.15, -0.1) is 0 Å². The van der Waals surface area contributed by atoms with Crippen LogP contribution >= 0.6 is 0 Å². The van der Waals surface area contributed by atoms with E-state index in [1.54, 1.807) is 17.0 Å². The van der Waals surface area contributed by atoms with E-state index in [-0.39, 0.29) is 17.7 Å². The minimum Gasteiger partial charge on any atom is -0.351 e. The lowest BCUT2D eigenvalue weighted by atomic mass is 10.0. The minimum atomic E-state index is -0.497. The molecule has 0 unspecified atom stereocenters. The van der Waals surface area contributed by atoms with E-state index in [4.69, 9.17) is 5.73 Å². The first-order valence-corrected chi connectivity index (χ1v) is 7.82. The van der Waals surface area contributed by atoms with E-state index in [2.05, 4.69) is 5.32 Å². The zero-order chi connectivity index (χ0) is 16.7. The van der Waals surface area contributed by atoms with Crippen LogP contribution in [0, 0.1) is 5.92 Å². The van der Waals surface area contributed by atoms with Crippen LogP contribution in [0.25, 0.3) is 0 Å². The molecule has 1 atom stereocenters. The van der Waals surface area contributed by atoms with Crippen LogP contribution in [0.3, 0.4) is 0 Å². The summed E-state index contributed by atoms with van der Waals surface area (Å²) in [6.07, 6.45) is 0. The fourth-order valence-corrected chi connectivity index (χ4v) is 2.07. The van der Waals surface area contributed by atoms with Gasteiger partial charge in [-0.1, -0.05) is 26.0 Å². The van der Waals surface area contributed by atoms with Gasteiger partial charge in [0.25, 0.3) is 5.91 Å². The number of nitrogens with zero attached hydrogens (tertiary/aromatic N) is 1. The lowest BCUT2D eigenvalue weighted by Crippen LogP contribution is -2.43. The first-order chi connectivity index (χ1) is 10.4. The van der Waals surface area contributed by atoms with Crippen molar-refractivity contribution in [3.63, 3.8) is 0 Å². The number of hydrogen-bond donors (Lipinski definition) is 2. The second kappa shape index (κ2) is 8.54. The highest BCUT2D eigenvalue weighted by Gasteiger charge is 2.16. The van der Waals surface area contributed by atoms with Gasteiger partial charge in [-0.25, -0.2) is 0 Å². The number of nitrogens with two attached hydrogens (primary N) is 1. The van der Waals surface area contributed by atoms with E-state index >= 15 is 0 Å². The molecule has 5 heteroatoms. The molecule has 3 N–H and O–H groups in total. The average molecular weight is 305 g/mol. The number of carbonyl (C=O) groups excluding carboxylic acids is 2. The quantitative estimate of drug-likeness (QED) is 0.806. The molecule has 5 nitrogen and oxygen atoms in total. The molecule has 0 saturated heterocycles. The van der Waals surface area contributed by atoms with E-state index in [0.717, 1.165) is 5.56 Å². The normalized spacial score (nSPS) is 12.1. The van der Waals surface area contributed by atoms with Crippen molar-refractivity contribution in [1.29, 1.82) is 0 Å². The number of hydrogen-bond acceptors (Lipinski definition) is 3. The Morgan fingerprint density at radius 1 is 1.14 bits per heavy atom. The lowest BCUT2D eigenvalue weighted by Gasteiger charge is -2.19. The molecule has 0 aliphatic rings. The fourth-order valence-electron chi connectivity index (χ4n) is 2.07. The Hall–Kier alpha value is -1.88. The summed E-state index contributed by atoms with van der Waals surface area (Å²) in [7, 11) is 0. The predicted molar refractivity (Wildman–Crippen MR) is 88.4 cm³/mol. The standard InChI is InChI=1S/C17H27N3O2/c1-5-20(6-2)17(22)14-9-7-13(8-10-14)11-19-16(21)15(18)12(3)4/h7-10,12,15H,5-6,11,18H2,1-4H3,(H,19,21)/t15-/m0/s1. The monoisotopic (exact) mass is 305 g/mol. The number of amides is 2. The SMILES string of the molecule is CCN(CC)C(=O)c1ccc(CNC(=O)[C@@H](N)C(C)C)cc1. The molecule has 0 aromatic heterocycles. The van der Waals surface area contributed by atoms with Gasteiger partial charge in [-0.2, -0.15) is 0 Å². The molecule has 0 aliphatic heterocycles. The molecule has 2 amide bonds. The van der Waals surface area contributed by atoms with Gasteiger partial charge < -0.3 is 16.0 Å². The van der Waals surface area contributed by atoms with Crippen molar-refractivity contribution in [2.24, 2.45) is 11.7 Å². The molecule has 0 saturated carbocycles. The summed E-state index contributed by atoms with van der Waals surface area (Å²) in [5.41, 5.74) is 7.40. The summed E-state index contributed by atoms with van der Waals surface area (Å²) < 4.78 is 0. The van der Waals surface area contributed by atoms with E-state index in [1.165, 1.54) is 0 Å². The van der Waals surface area contributed by atoms with Crippen LogP contribution < -0.4 is 11.1 Å². The van der Waals surface area contributed by atoms with Crippen LogP contribution in [-0.4, -0.2) is 35.8 Å². The number of benzene rings is 1. The Morgan fingerprint density at radius 3 is 2.14 bits per heavy atom. The van der Waals surface area contributed by atoms with Crippen molar-refractivity contribution in [3.05, 3.63) is 35.4 Å². The second-order valence-corrected chi connectivity index (χ2v) is 5.66. The van der Waals surface area contributed by atoms with Crippen molar-refractivity contribution < 1.29 is 9.59 Å². The van der Waals surface area contributed by atoms with Gasteiger partial charge in [0.1, 0.15) is 0 Å². The summed E-state index contributed by atoms with van der Waals surface area (Å²) in [6.45, 7) is 9.56. The first-order valence-electron chi connectivity index (χ1n) is 7.82. The summed E-state index contributed by atoms with van der Waals surface area (Å²) in [6, 6.07) is 6.81. The van der Waals surface area contributed by atoms with Crippen molar-refractivity contribution in [3.8, 4) is 0 Å². The van der Waals surface area contributed by atoms with Crippen LogP contribution in [0.4, 0.5) is 0 Å². The van der Waals surface area contributed by atoms with Crippen LogP contribution in [0.5, 0.6) is 0 Å². The molecule has 1 aromatic rings. The van der Waals surface area contributed by atoms with Gasteiger partial charge in [-0.05, 0) is 37.5 Å². The van der Waals surface area contributed by atoms with Crippen LogP contribution in [0.1, 0.15) is 43.6 Å². The summed E-state index contributed by atoms with van der Waals surface area (Å²) >= 11 is 0. The zero-order valence-electron chi connectivity index (χ0n) is 13.9. The maximum absolute atomic E-state index is 12.2. The molecule has 0 heterocycles. The van der Waals surface area contributed by atoms with Crippen molar-refractivity contribution in [2.45, 2.75) is 40.3 Å². The van der Waals surface area contributed by atoms with Gasteiger partial charge in [0.15, 0.2) is 0 Å². The average Bonchev–Trinajstić information content (AvgIpc) is 2.53. The molecular formula is C17H27N3O2. The topological polar surface area (TPSA) is 75.4 Å². The second-order valence-electron chi connectivity index (χ2n) is 5.66. The summed E-state index contributed by atoms with van der Waals surface area (Å²) in [5.74, 6) is -0.0187. The molecule has 0 bridgehead atoms. The molecular weight excluding hydrogens is 278 g/mol. The molecule has 0 radical (unpaired) electrons. The van der Waals surface area contributed by atoms with Gasteiger partial charge in [0.05, 0.1) is 6.04 Å². The van der Waals surface area contributed by atoms with Gasteiger partial charge in [-0.3, -0.25) is 9.59 Å². The van der Waals surface area contributed by atoms with Crippen molar-refractivity contribution in [1.82, 2.24) is 10.2 Å². The number of rotatable bonds is 7. The highest BCUT2D eigenvalue weighted by Crippen LogP contribution is 2.08. The maximum atomic E-state index is 12.2. The number of nitrogens with one attached hydrogen (secondary N) is 1. The van der Waals surface area contributed by atoms with E-state index < -0.39 is 6.04 Å². The molecule has 0 aliphatic carbocycles. The molecule has 0 spiro atoms. The third-order valence-electron chi connectivity index (χ3n) is 3.74. The lowest BCUT2D eigenvalue weighted by molar-refractivity contribution is -0.123. The third-order valence-corrected chi connectivity index (χ3v) is 3.74. The highest BCUT2D eigenvalue weighted by molar-refractivity contribution is 5.94. The van der Waals surface area contributed by atoms with E-state index in [0.29, 0.717) is 25.2 Å². The molecule has 122 valence electrons. The van der Waals surface area contributed by atoms with Crippen LogP contribution in [0.2, 0.25) is 0 Å². The molecule has 22 heavy (non-hydrogen) atoms. The van der Waals surface area contributed by atoms with Gasteiger partial charge in [0.2, 0.25) is 5.91 Å². The highest BCUT2D eigenvalue weighted by atomic mass is 16.2. The molecule has 1 rings (SSSR count). The smallest absolute Gasteiger partial charge is 0.253 e. The minimum absolute atomic E-state index is 0.0300. The Kier molecular flexibility index (Phi) is 7.05. The first kappa shape index (κ1) is 18.2. The largest absolute Gasteiger partial charge is 0.351 e. The van der Waals surface area contributed by atoms with Crippen LogP contribution in [-0.2, 0) is 11.3 Å². The van der Waals surface area contributed by atoms with Crippen molar-refractivity contribution >= 4 is 11.8 Å². The Labute approximate surface area is 132 Å². The van der Waals surface area contributed by atoms with Crippen LogP contribution in [0.15, 0.2) is 24.3 Å². The third kappa shape index (κ3) is 4.84. The summed E-state index contributed by atoms with van der Waals surface area (Å²) in [4.78, 5) is 25.8. The Balaban J connectivity index is 2.62. The fraction of sp³-hybridized carbons (Fsp3) is 0.529. The number of carbonyl (C=O) groups is 2. The van der Waals surface area contributed by atoms with Gasteiger partial charge in [0, 0.05) is 25.2 Å². The van der Waals surface area contributed by atoms with E-state index in [9.17, 15) is 9.59 Å². The maximum Gasteiger partial charge on any atom is 0.253 e. The Bertz CT molecular complexity index is 493.